The van der Waals surface area contributed by atoms with Gasteiger partial charge in [0.15, 0.2) is 0 Å². The van der Waals surface area contributed by atoms with Crippen LogP contribution in [0.5, 0.6) is 11.5 Å². The van der Waals surface area contributed by atoms with Gasteiger partial charge < -0.3 is 14.5 Å². The molecule has 0 saturated carbocycles. The van der Waals surface area contributed by atoms with Gasteiger partial charge in [-0.1, -0.05) is 18.2 Å². The summed E-state index contributed by atoms with van der Waals surface area (Å²) < 4.78 is 11.3. The molecular weight excluding hydrogens is 374 g/mol. The van der Waals surface area contributed by atoms with Gasteiger partial charge in [-0.25, -0.2) is 0 Å². The second-order valence-electron chi connectivity index (χ2n) is 6.00. The molecule has 1 N–H and O–H groups in total. The Balaban J connectivity index is 1.28. The number of carbonyl (C=O) groups is 1. The molecule has 0 spiro atoms. The van der Waals surface area contributed by atoms with Gasteiger partial charge in [-0.15, -0.1) is 10.2 Å². The number of thiophene rings is 1. The molecule has 4 aromatic rings. The lowest BCUT2D eigenvalue weighted by atomic mass is 10.2. The van der Waals surface area contributed by atoms with Crippen molar-refractivity contribution in [1.29, 1.82) is 0 Å². The van der Waals surface area contributed by atoms with E-state index in [1.54, 1.807) is 23.5 Å². The van der Waals surface area contributed by atoms with E-state index < -0.39 is 0 Å². The Bertz CT molecular complexity index is 1030. The second kappa shape index (κ2) is 8.49. The number of carbonyl (C=O) groups excluding carboxylic acids is 1. The molecule has 7 heteroatoms. The van der Waals surface area contributed by atoms with E-state index in [1.807, 2.05) is 59.3 Å². The van der Waals surface area contributed by atoms with Crippen molar-refractivity contribution >= 4 is 22.9 Å². The van der Waals surface area contributed by atoms with Gasteiger partial charge in [-0.05, 0) is 47.8 Å². The molecule has 1 amide bonds. The molecule has 0 aliphatic heterocycles. The van der Waals surface area contributed by atoms with Crippen molar-refractivity contribution in [2.24, 2.45) is 0 Å². The minimum Gasteiger partial charge on any atom is -0.457 e. The highest BCUT2D eigenvalue weighted by Gasteiger charge is 2.11. The van der Waals surface area contributed by atoms with E-state index >= 15 is 0 Å². The molecule has 6 nitrogen and oxygen atoms in total. The quantitative estimate of drug-likeness (QED) is 0.471. The number of aromatic nitrogens is 2. The van der Waals surface area contributed by atoms with Crippen LogP contribution in [-0.4, -0.2) is 16.1 Å². The molecule has 0 aliphatic rings. The number of hydrogen-bond acceptors (Lipinski definition) is 6. The van der Waals surface area contributed by atoms with Crippen molar-refractivity contribution in [3.8, 4) is 23.0 Å². The van der Waals surface area contributed by atoms with Crippen LogP contribution in [0.15, 0.2) is 75.8 Å². The van der Waals surface area contributed by atoms with Crippen molar-refractivity contribution in [2.45, 2.75) is 12.8 Å². The summed E-state index contributed by atoms with van der Waals surface area (Å²) in [5.41, 5.74) is 1.60. The van der Waals surface area contributed by atoms with E-state index in [1.165, 1.54) is 0 Å². The summed E-state index contributed by atoms with van der Waals surface area (Å²) in [5.74, 6) is 2.28. The standard InChI is InChI=1S/C21H17N3O3S/c25-19(10-11-20-23-24-21(27-20)15-12-13-28-14-15)22-16-6-8-18(9-7-16)26-17-4-2-1-3-5-17/h1-9,12-14H,10-11H2,(H,22,25). The Morgan fingerprint density at radius 2 is 1.79 bits per heavy atom. The van der Waals surface area contributed by atoms with Gasteiger partial charge in [0.05, 0.1) is 0 Å². The maximum Gasteiger partial charge on any atom is 0.248 e. The molecule has 0 fully saturated rings. The predicted octanol–water partition coefficient (Wildman–Crippen LogP) is 5.16. The van der Waals surface area contributed by atoms with E-state index in [9.17, 15) is 4.79 Å². The zero-order valence-corrected chi connectivity index (χ0v) is 15.7. The van der Waals surface area contributed by atoms with Crippen LogP contribution >= 0.6 is 11.3 Å². The Morgan fingerprint density at radius 1 is 1.00 bits per heavy atom. The van der Waals surface area contributed by atoms with E-state index in [2.05, 4.69) is 15.5 Å². The Morgan fingerprint density at radius 3 is 2.54 bits per heavy atom. The van der Waals surface area contributed by atoms with Crippen LogP contribution in [0, 0.1) is 0 Å². The van der Waals surface area contributed by atoms with Crippen molar-refractivity contribution in [3.63, 3.8) is 0 Å². The summed E-state index contributed by atoms with van der Waals surface area (Å²) >= 11 is 1.56. The highest BCUT2D eigenvalue weighted by Crippen LogP contribution is 2.23. The van der Waals surface area contributed by atoms with Gasteiger partial charge in [0.1, 0.15) is 11.5 Å². The lowest BCUT2D eigenvalue weighted by molar-refractivity contribution is -0.116. The van der Waals surface area contributed by atoms with E-state index in [4.69, 9.17) is 9.15 Å². The summed E-state index contributed by atoms with van der Waals surface area (Å²) in [6.07, 6.45) is 0.645. The summed E-state index contributed by atoms with van der Waals surface area (Å²) in [7, 11) is 0. The fourth-order valence-electron chi connectivity index (χ4n) is 2.53. The summed E-state index contributed by atoms with van der Waals surface area (Å²) in [5, 5.41) is 14.7. The predicted molar refractivity (Wildman–Crippen MR) is 108 cm³/mol. The third-order valence-electron chi connectivity index (χ3n) is 3.92. The number of amides is 1. The third-order valence-corrected chi connectivity index (χ3v) is 4.60. The second-order valence-corrected chi connectivity index (χ2v) is 6.78. The molecule has 4 rings (SSSR count). The number of anilines is 1. The summed E-state index contributed by atoms with van der Waals surface area (Å²) in [4.78, 5) is 12.2. The van der Waals surface area contributed by atoms with Crippen molar-refractivity contribution in [2.75, 3.05) is 5.32 Å². The molecule has 0 bridgehead atoms. The number of benzene rings is 2. The van der Waals surface area contributed by atoms with Gasteiger partial charge in [0.2, 0.25) is 17.7 Å². The van der Waals surface area contributed by atoms with Gasteiger partial charge >= 0.3 is 0 Å². The largest absolute Gasteiger partial charge is 0.457 e. The summed E-state index contributed by atoms with van der Waals surface area (Å²) in [6, 6.07) is 18.7. The minimum absolute atomic E-state index is 0.119. The molecule has 0 saturated heterocycles. The van der Waals surface area contributed by atoms with Gasteiger partial charge in [-0.2, -0.15) is 11.3 Å². The van der Waals surface area contributed by atoms with Crippen molar-refractivity contribution in [1.82, 2.24) is 10.2 Å². The monoisotopic (exact) mass is 391 g/mol. The number of ether oxygens (including phenoxy) is 1. The normalized spacial score (nSPS) is 10.6. The smallest absolute Gasteiger partial charge is 0.248 e. The lowest BCUT2D eigenvalue weighted by Crippen LogP contribution is -2.12. The Labute approximate surface area is 165 Å². The zero-order valence-electron chi connectivity index (χ0n) is 14.9. The SMILES string of the molecule is O=C(CCc1nnc(-c2ccsc2)o1)Nc1ccc(Oc2ccccc2)cc1. The van der Waals surface area contributed by atoms with Crippen LogP contribution in [0.3, 0.4) is 0 Å². The lowest BCUT2D eigenvalue weighted by Gasteiger charge is -2.07. The van der Waals surface area contributed by atoms with Crippen LogP contribution in [0.4, 0.5) is 5.69 Å². The number of nitrogens with one attached hydrogen (secondary N) is 1. The van der Waals surface area contributed by atoms with Crippen molar-refractivity contribution < 1.29 is 13.9 Å². The highest BCUT2D eigenvalue weighted by atomic mass is 32.1. The first kappa shape index (κ1) is 17.9. The number of para-hydroxylation sites is 1. The van der Waals surface area contributed by atoms with Gasteiger partial charge in [0, 0.05) is 29.5 Å². The maximum atomic E-state index is 12.2. The van der Waals surface area contributed by atoms with E-state index in [0.717, 1.165) is 11.3 Å². The molecule has 140 valence electrons. The molecule has 2 aromatic heterocycles. The first-order chi connectivity index (χ1) is 13.8. The Kier molecular flexibility index (Phi) is 5.44. The molecule has 0 aliphatic carbocycles. The first-order valence-electron chi connectivity index (χ1n) is 8.74. The topological polar surface area (TPSA) is 77.2 Å². The number of nitrogens with zero attached hydrogens (tertiary/aromatic N) is 2. The van der Waals surface area contributed by atoms with Gasteiger partial charge in [0.25, 0.3) is 0 Å². The van der Waals surface area contributed by atoms with Crippen LogP contribution in [-0.2, 0) is 11.2 Å². The highest BCUT2D eigenvalue weighted by molar-refractivity contribution is 7.08. The van der Waals surface area contributed by atoms with Crippen molar-refractivity contribution in [3.05, 3.63) is 77.3 Å². The minimum atomic E-state index is -0.119. The molecule has 2 heterocycles. The molecular formula is C21H17N3O3S. The summed E-state index contributed by atoms with van der Waals surface area (Å²) in [6.45, 7) is 0. The van der Waals surface area contributed by atoms with E-state index in [0.29, 0.717) is 29.6 Å². The maximum absolute atomic E-state index is 12.2. The fraction of sp³-hybridized carbons (Fsp3) is 0.0952. The molecule has 0 unspecified atom stereocenters. The zero-order chi connectivity index (χ0) is 19.2. The van der Waals surface area contributed by atoms with Gasteiger partial charge in [-0.3, -0.25) is 4.79 Å². The molecule has 2 aromatic carbocycles. The number of hydrogen-bond donors (Lipinski definition) is 1. The number of aryl methyl sites for hydroxylation is 1. The molecule has 0 radical (unpaired) electrons. The fourth-order valence-corrected chi connectivity index (χ4v) is 3.16. The Hall–Kier alpha value is -3.45. The number of rotatable bonds is 7. The average Bonchev–Trinajstić information content (AvgIpc) is 3.41. The van der Waals surface area contributed by atoms with Crippen LogP contribution in [0.1, 0.15) is 12.3 Å². The van der Waals surface area contributed by atoms with Crippen LogP contribution in [0.25, 0.3) is 11.5 Å². The van der Waals surface area contributed by atoms with Crippen LogP contribution < -0.4 is 10.1 Å². The molecule has 28 heavy (non-hydrogen) atoms. The first-order valence-corrected chi connectivity index (χ1v) is 9.68. The third kappa shape index (κ3) is 4.63. The molecule has 0 atom stereocenters. The average molecular weight is 391 g/mol. The van der Waals surface area contributed by atoms with E-state index in [-0.39, 0.29) is 12.3 Å². The van der Waals surface area contributed by atoms with Crippen LogP contribution in [0.2, 0.25) is 0 Å².